The van der Waals surface area contributed by atoms with Gasteiger partial charge in [0.25, 0.3) is 0 Å². The van der Waals surface area contributed by atoms with Crippen LogP contribution in [0.5, 0.6) is 0 Å². The van der Waals surface area contributed by atoms with Gasteiger partial charge in [-0.1, -0.05) is 37.5 Å². The van der Waals surface area contributed by atoms with Crippen LogP contribution in [-0.4, -0.2) is 67.2 Å². The third kappa shape index (κ3) is 4.79. The van der Waals surface area contributed by atoms with Gasteiger partial charge in [-0.05, 0) is 61.4 Å². The van der Waals surface area contributed by atoms with Gasteiger partial charge in [0.1, 0.15) is 13.1 Å². The third-order valence-corrected chi connectivity index (χ3v) is 8.70. The van der Waals surface area contributed by atoms with E-state index >= 15 is 0 Å². The fraction of sp³-hybridized carbons (Fsp3) is 0.469. The Balaban J connectivity index is 1.52. The van der Waals surface area contributed by atoms with E-state index in [4.69, 9.17) is 9.47 Å². The molecule has 0 spiro atoms. The highest BCUT2D eigenvalue weighted by Crippen LogP contribution is 2.47. The fourth-order valence-corrected chi connectivity index (χ4v) is 6.70. The van der Waals surface area contributed by atoms with E-state index in [1.165, 1.54) is 31.9 Å². The molecule has 40 heavy (non-hydrogen) atoms. The highest BCUT2D eigenvalue weighted by atomic mass is 16.5. The molecular formula is C32H37N3O5. The largest absolute Gasteiger partial charge is 0.465 e. The van der Waals surface area contributed by atoms with Gasteiger partial charge in [-0.2, -0.15) is 0 Å². The van der Waals surface area contributed by atoms with Crippen LogP contribution in [0, 0.1) is 6.92 Å². The summed E-state index contributed by atoms with van der Waals surface area (Å²) in [5.41, 5.74) is 6.37. The van der Waals surface area contributed by atoms with Gasteiger partial charge in [0, 0.05) is 30.6 Å². The van der Waals surface area contributed by atoms with Gasteiger partial charge in [-0.3, -0.25) is 9.59 Å². The van der Waals surface area contributed by atoms with Crippen LogP contribution in [0.2, 0.25) is 0 Å². The van der Waals surface area contributed by atoms with E-state index in [0.717, 1.165) is 52.7 Å². The molecule has 2 fully saturated rings. The number of carbonyl (C=O) groups excluding carboxylic acids is 3. The summed E-state index contributed by atoms with van der Waals surface area (Å²) in [5.74, 6) is -0.240. The molecule has 0 radical (unpaired) electrons. The Morgan fingerprint density at radius 3 is 2.62 bits per heavy atom. The minimum absolute atomic E-state index is 0.00970. The molecular weight excluding hydrogens is 506 g/mol. The Morgan fingerprint density at radius 1 is 1.00 bits per heavy atom. The first-order valence-corrected chi connectivity index (χ1v) is 14.5. The molecule has 8 heteroatoms. The minimum atomic E-state index is -0.402. The van der Waals surface area contributed by atoms with Crippen LogP contribution in [0.25, 0.3) is 22.2 Å². The highest BCUT2D eigenvalue weighted by molar-refractivity contribution is 6.07. The summed E-state index contributed by atoms with van der Waals surface area (Å²) in [7, 11) is 1.38. The van der Waals surface area contributed by atoms with E-state index in [1.54, 1.807) is 4.90 Å². The van der Waals surface area contributed by atoms with Gasteiger partial charge in [0.05, 0.1) is 36.2 Å². The molecule has 0 unspecified atom stereocenters. The van der Waals surface area contributed by atoms with Crippen molar-refractivity contribution in [3.63, 3.8) is 0 Å². The molecule has 8 nitrogen and oxygen atoms in total. The highest BCUT2D eigenvalue weighted by Gasteiger charge is 2.34. The van der Waals surface area contributed by atoms with E-state index in [-0.39, 0.29) is 24.9 Å². The Morgan fingerprint density at radius 2 is 1.82 bits per heavy atom. The van der Waals surface area contributed by atoms with Crippen LogP contribution >= 0.6 is 0 Å². The summed E-state index contributed by atoms with van der Waals surface area (Å²) < 4.78 is 12.6. The molecule has 210 valence electrons. The van der Waals surface area contributed by atoms with E-state index in [9.17, 15) is 14.4 Å². The van der Waals surface area contributed by atoms with Crippen molar-refractivity contribution in [2.45, 2.75) is 57.9 Å². The first-order chi connectivity index (χ1) is 19.5. The Kier molecular flexibility index (Phi) is 7.36. The molecule has 3 aliphatic rings. The van der Waals surface area contributed by atoms with Crippen LogP contribution in [0.4, 0.5) is 5.69 Å². The Bertz CT molecular complexity index is 1460. The third-order valence-electron chi connectivity index (χ3n) is 8.70. The summed E-state index contributed by atoms with van der Waals surface area (Å²) in [6.07, 6.45) is 6.58. The van der Waals surface area contributed by atoms with Crippen molar-refractivity contribution in [3.05, 3.63) is 53.1 Å². The zero-order valence-corrected chi connectivity index (χ0v) is 23.4. The van der Waals surface area contributed by atoms with E-state index in [1.807, 2.05) is 36.1 Å². The number of methoxy groups -OCH3 is 1. The van der Waals surface area contributed by atoms with Gasteiger partial charge in [0.15, 0.2) is 0 Å². The molecule has 3 heterocycles. The molecule has 1 saturated heterocycles. The molecule has 3 aromatic rings. The first-order valence-electron chi connectivity index (χ1n) is 14.5. The normalized spacial score (nSPS) is 18.2. The number of hydrogen-bond donors (Lipinski definition) is 0. The van der Waals surface area contributed by atoms with Crippen molar-refractivity contribution >= 4 is 34.4 Å². The van der Waals surface area contributed by atoms with Crippen LogP contribution < -0.4 is 4.90 Å². The second-order valence-corrected chi connectivity index (χ2v) is 11.3. The smallest absolute Gasteiger partial charge is 0.337 e. The lowest BCUT2D eigenvalue weighted by Crippen LogP contribution is -2.44. The van der Waals surface area contributed by atoms with E-state index in [0.29, 0.717) is 37.8 Å². The van der Waals surface area contributed by atoms with Crippen molar-refractivity contribution in [1.82, 2.24) is 9.47 Å². The lowest BCUT2D eigenvalue weighted by atomic mass is 9.81. The Hall–Kier alpha value is -3.65. The van der Waals surface area contributed by atoms with Crippen LogP contribution in [-0.2, 0) is 25.6 Å². The molecule has 0 N–H and O–H groups in total. The zero-order chi connectivity index (χ0) is 27.8. The van der Waals surface area contributed by atoms with Crippen molar-refractivity contribution in [1.29, 1.82) is 0 Å². The summed E-state index contributed by atoms with van der Waals surface area (Å²) in [4.78, 5) is 43.5. The van der Waals surface area contributed by atoms with Gasteiger partial charge >= 0.3 is 5.97 Å². The van der Waals surface area contributed by atoms with Gasteiger partial charge < -0.3 is 23.8 Å². The number of carbonyl (C=O) groups is 3. The van der Waals surface area contributed by atoms with Crippen molar-refractivity contribution in [3.8, 4) is 11.3 Å². The van der Waals surface area contributed by atoms with Crippen molar-refractivity contribution in [2.24, 2.45) is 0 Å². The molecule has 1 saturated carbocycles. The number of amides is 2. The number of benzene rings is 2. The maximum absolute atomic E-state index is 14.1. The van der Waals surface area contributed by atoms with E-state index < -0.39 is 5.97 Å². The number of ether oxygens (including phenoxy) is 2. The monoisotopic (exact) mass is 543 g/mol. The number of rotatable bonds is 4. The number of fused-ring (bicyclic) bond motifs is 5. The maximum Gasteiger partial charge on any atom is 0.337 e. The summed E-state index contributed by atoms with van der Waals surface area (Å²) >= 11 is 0. The number of anilines is 1. The fourth-order valence-electron chi connectivity index (χ4n) is 6.70. The number of esters is 1. The van der Waals surface area contributed by atoms with Gasteiger partial charge in [0.2, 0.25) is 11.8 Å². The molecule has 2 aromatic carbocycles. The lowest BCUT2D eigenvalue weighted by Gasteiger charge is -2.27. The van der Waals surface area contributed by atoms with Gasteiger partial charge in [-0.15, -0.1) is 0 Å². The topological polar surface area (TPSA) is 81.1 Å². The molecule has 0 bridgehead atoms. The van der Waals surface area contributed by atoms with E-state index in [2.05, 4.69) is 16.7 Å². The number of aromatic nitrogens is 1. The standard InChI is InChI=1S/C32H37N3O5/c1-21-9-11-25-26(17-21)34(19-28(36)33-13-6-15-40-16-14-33)29(37)20-35-27-18-23(32(38)39-2)10-12-24(27)30(31(25)35)22-7-4-3-5-8-22/h9-12,17-18,22H,3-8,13-16,19-20H2,1-2H3. The maximum atomic E-state index is 14.1. The average molecular weight is 544 g/mol. The molecule has 1 aromatic heterocycles. The first kappa shape index (κ1) is 26.6. The second-order valence-electron chi connectivity index (χ2n) is 11.3. The zero-order valence-electron chi connectivity index (χ0n) is 23.4. The molecule has 6 rings (SSSR count). The number of aryl methyl sites for hydroxylation is 1. The predicted molar refractivity (Wildman–Crippen MR) is 154 cm³/mol. The van der Waals surface area contributed by atoms with Crippen LogP contribution in [0.3, 0.4) is 0 Å². The Labute approximate surface area is 234 Å². The predicted octanol–water partition coefficient (Wildman–Crippen LogP) is 5.05. The molecule has 1 aliphatic carbocycles. The van der Waals surface area contributed by atoms with Crippen LogP contribution in [0.1, 0.15) is 65.9 Å². The van der Waals surface area contributed by atoms with Crippen molar-refractivity contribution in [2.75, 3.05) is 44.9 Å². The summed E-state index contributed by atoms with van der Waals surface area (Å²) in [6, 6.07) is 11.9. The van der Waals surface area contributed by atoms with Crippen LogP contribution in [0.15, 0.2) is 36.4 Å². The van der Waals surface area contributed by atoms with Gasteiger partial charge in [-0.25, -0.2) is 4.79 Å². The minimum Gasteiger partial charge on any atom is -0.465 e. The number of hydrogen-bond acceptors (Lipinski definition) is 5. The second kappa shape index (κ2) is 11.1. The average Bonchev–Trinajstić information content (AvgIpc) is 3.12. The summed E-state index contributed by atoms with van der Waals surface area (Å²) in [6.45, 7) is 4.43. The lowest BCUT2D eigenvalue weighted by molar-refractivity contribution is -0.131. The quantitative estimate of drug-likeness (QED) is 0.431. The number of nitrogens with zero attached hydrogens (tertiary/aromatic N) is 3. The molecule has 2 aliphatic heterocycles. The van der Waals surface area contributed by atoms with Crippen molar-refractivity contribution < 1.29 is 23.9 Å². The molecule has 0 atom stereocenters. The summed E-state index contributed by atoms with van der Waals surface area (Å²) in [5, 5.41) is 1.09. The SMILES string of the molecule is COC(=O)c1ccc2c(C3CCCCC3)c3n(c2c1)CC(=O)N(CC(=O)N1CCCOCC1)c1cc(C)ccc1-3. The molecule has 2 amide bonds.